The highest BCUT2D eigenvalue weighted by atomic mass is 16.4. The third kappa shape index (κ3) is 2.53. The number of carbonyl (C=O) groups is 1. The first-order valence-corrected chi connectivity index (χ1v) is 6.41. The normalized spacial score (nSPS) is 21.4. The van der Waals surface area contributed by atoms with Crippen LogP contribution in [0.1, 0.15) is 38.4 Å². The molecular formula is C14H20N2O2. The number of piperidine rings is 1. The van der Waals surface area contributed by atoms with Gasteiger partial charge in [0.2, 0.25) is 0 Å². The molecule has 0 spiro atoms. The molecule has 4 nitrogen and oxygen atoms in total. The molecule has 1 N–H and O–H groups in total. The predicted octanol–water partition coefficient (Wildman–Crippen LogP) is 2.33. The van der Waals surface area contributed by atoms with Crippen molar-refractivity contribution < 1.29 is 9.90 Å². The molecule has 0 saturated carbocycles. The summed E-state index contributed by atoms with van der Waals surface area (Å²) in [5.41, 5.74) is 0.497. The summed E-state index contributed by atoms with van der Waals surface area (Å²) in [5, 5.41) is 9.21. The van der Waals surface area contributed by atoms with E-state index in [9.17, 15) is 9.90 Å². The van der Waals surface area contributed by atoms with Crippen LogP contribution in [-0.2, 0) is 4.79 Å². The van der Waals surface area contributed by atoms with Gasteiger partial charge in [0.05, 0.1) is 11.1 Å². The van der Waals surface area contributed by atoms with Crippen LogP contribution in [0.4, 0.5) is 0 Å². The second-order valence-electron chi connectivity index (χ2n) is 5.33. The van der Waals surface area contributed by atoms with Crippen molar-refractivity contribution in [1.29, 1.82) is 0 Å². The average Bonchev–Trinajstić information content (AvgIpc) is 2.40. The summed E-state index contributed by atoms with van der Waals surface area (Å²) in [4.78, 5) is 17.9. The summed E-state index contributed by atoms with van der Waals surface area (Å²) < 4.78 is 0. The fourth-order valence-electron chi connectivity index (χ4n) is 2.43. The van der Waals surface area contributed by atoms with Crippen molar-refractivity contribution in [1.82, 2.24) is 9.88 Å². The van der Waals surface area contributed by atoms with Gasteiger partial charge in [-0.1, -0.05) is 6.07 Å². The summed E-state index contributed by atoms with van der Waals surface area (Å²) >= 11 is 0. The van der Waals surface area contributed by atoms with Gasteiger partial charge in [-0.3, -0.25) is 14.7 Å². The van der Waals surface area contributed by atoms with Crippen molar-refractivity contribution in [3.05, 3.63) is 30.1 Å². The van der Waals surface area contributed by atoms with Crippen molar-refractivity contribution >= 4 is 5.97 Å². The van der Waals surface area contributed by atoms with Gasteiger partial charge in [-0.25, -0.2) is 0 Å². The maximum Gasteiger partial charge on any atom is 0.309 e. The molecule has 98 valence electrons. The van der Waals surface area contributed by atoms with Gasteiger partial charge in [-0.15, -0.1) is 0 Å². The largest absolute Gasteiger partial charge is 0.481 e. The second kappa shape index (κ2) is 5.06. The van der Waals surface area contributed by atoms with Gasteiger partial charge in [0.15, 0.2) is 0 Å². The van der Waals surface area contributed by atoms with Gasteiger partial charge in [-0.2, -0.15) is 0 Å². The van der Waals surface area contributed by atoms with Crippen LogP contribution in [-0.4, -0.2) is 34.0 Å². The summed E-state index contributed by atoms with van der Waals surface area (Å²) in [6, 6.07) is 6.18. The maximum absolute atomic E-state index is 11.2. The monoisotopic (exact) mass is 248 g/mol. The van der Waals surface area contributed by atoms with Crippen molar-refractivity contribution in [2.45, 2.75) is 32.7 Å². The van der Waals surface area contributed by atoms with E-state index in [0.717, 1.165) is 18.8 Å². The van der Waals surface area contributed by atoms with E-state index in [1.165, 1.54) is 0 Å². The van der Waals surface area contributed by atoms with E-state index >= 15 is 0 Å². The Morgan fingerprint density at radius 2 is 2.11 bits per heavy atom. The number of rotatable bonds is 3. The Balaban J connectivity index is 2.00. The topological polar surface area (TPSA) is 53.4 Å². The number of nitrogens with zero attached hydrogens (tertiary/aromatic N) is 2. The molecule has 1 aliphatic heterocycles. The number of carboxylic acids is 1. The number of pyridine rings is 1. The molecule has 1 aromatic rings. The van der Waals surface area contributed by atoms with Crippen molar-refractivity contribution in [3.8, 4) is 0 Å². The van der Waals surface area contributed by atoms with Gasteiger partial charge in [-0.05, 0) is 51.9 Å². The molecular weight excluding hydrogens is 228 g/mol. The molecule has 2 heterocycles. The highest BCUT2D eigenvalue weighted by molar-refractivity contribution is 5.74. The molecule has 1 atom stereocenters. The molecule has 0 aliphatic carbocycles. The molecule has 1 aliphatic rings. The number of hydrogen-bond acceptors (Lipinski definition) is 3. The van der Waals surface area contributed by atoms with Gasteiger partial charge in [0.1, 0.15) is 0 Å². The van der Waals surface area contributed by atoms with E-state index < -0.39 is 11.4 Å². The Labute approximate surface area is 108 Å². The second-order valence-corrected chi connectivity index (χ2v) is 5.33. The number of likely N-dealkylation sites (tertiary alicyclic amines) is 1. The van der Waals surface area contributed by atoms with Crippen LogP contribution >= 0.6 is 0 Å². The summed E-state index contributed by atoms with van der Waals surface area (Å²) in [5.74, 6) is -0.673. The van der Waals surface area contributed by atoms with Crippen LogP contribution in [0, 0.1) is 5.41 Å². The number of hydrogen-bond donors (Lipinski definition) is 1. The van der Waals surface area contributed by atoms with E-state index in [-0.39, 0.29) is 6.04 Å². The van der Waals surface area contributed by atoms with Crippen molar-refractivity contribution in [2.75, 3.05) is 13.1 Å². The minimum absolute atomic E-state index is 0.254. The zero-order valence-electron chi connectivity index (χ0n) is 11.0. The molecule has 4 heteroatoms. The Morgan fingerprint density at radius 3 is 2.61 bits per heavy atom. The van der Waals surface area contributed by atoms with Gasteiger partial charge in [0.25, 0.3) is 0 Å². The lowest BCUT2D eigenvalue weighted by molar-refractivity contribution is -0.151. The van der Waals surface area contributed by atoms with Crippen molar-refractivity contribution in [2.24, 2.45) is 5.41 Å². The fraction of sp³-hybridized carbons (Fsp3) is 0.571. The van der Waals surface area contributed by atoms with Crippen LogP contribution in [0.2, 0.25) is 0 Å². The highest BCUT2D eigenvalue weighted by Gasteiger charge is 2.38. The molecule has 1 saturated heterocycles. The Morgan fingerprint density at radius 1 is 1.44 bits per heavy atom. The lowest BCUT2D eigenvalue weighted by atomic mass is 9.80. The van der Waals surface area contributed by atoms with E-state index in [1.54, 1.807) is 6.20 Å². The average molecular weight is 248 g/mol. The van der Waals surface area contributed by atoms with Crippen LogP contribution in [0.5, 0.6) is 0 Å². The number of aromatic nitrogens is 1. The molecule has 0 amide bonds. The van der Waals surface area contributed by atoms with E-state index in [2.05, 4.69) is 16.8 Å². The number of aliphatic carboxylic acids is 1. The Bertz CT molecular complexity index is 411. The third-order valence-electron chi connectivity index (χ3n) is 4.08. The molecule has 18 heavy (non-hydrogen) atoms. The summed E-state index contributed by atoms with van der Waals surface area (Å²) in [6.07, 6.45) is 3.22. The smallest absolute Gasteiger partial charge is 0.309 e. The van der Waals surface area contributed by atoms with Crippen LogP contribution < -0.4 is 0 Å². The van der Waals surface area contributed by atoms with Crippen LogP contribution in [0.15, 0.2) is 24.4 Å². The predicted molar refractivity (Wildman–Crippen MR) is 69.2 cm³/mol. The minimum atomic E-state index is -0.673. The Kier molecular flexibility index (Phi) is 3.66. The standard InChI is InChI=1S/C14H20N2O2/c1-11(12-5-3-4-8-15-12)16-9-6-14(2,7-10-16)13(17)18/h3-5,8,11H,6-7,9-10H2,1-2H3,(H,17,18). The Hall–Kier alpha value is -1.42. The SMILES string of the molecule is CC(c1ccccn1)N1CCC(C)(C(=O)O)CC1. The van der Waals surface area contributed by atoms with Crippen molar-refractivity contribution in [3.63, 3.8) is 0 Å². The maximum atomic E-state index is 11.2. The third-order valence-corrected chi connectivity index (χ3v) is 4.08. The first-order valence-electron chi connectivity index (χ1n) is 6.41. The van der Waals surface area contributed by atoms with Crippen LogP contribution in [0.3, 0.4) is 0 Å². The minimum Gasteiger partial charge on any atom is -0.481 e. The molecule has 1 fully saturated rings. The van der Waals surface area contributed by atoms with E-state index in [1.807, 2.05) is 25.1 Å². The lowest BCUT2D eigenvalue weighted by Gasteiger charge is -2.39. The molecule has 0 aromatic carbocycles. The molecule has 1 aromatic heterocycles. The highest BCUT2D eigenvalue weighted by Crippen LogP contribution is 2.34. The first kappa shape index (κ1) is 13.0. The van der Waals surface area contributed by atoms with E-state index in [0.29, 0.717) is 12.8 Å². The lowest BCUT2D eigenvalue weighted by Crippen LogP contribution is -2.43. The molecule has 1 unspecified atom stereocenters. The fourth-order valence-corrected chi connectivity index (χ4v) is 2.43. The first-order chi connectivity index (χ1) is 8.53. The van der Waals surface area contributed by atoms with E-state index in [4.69, 9.17) is 0 Å². The van der Waals surface area contributed by atoms with Gasteiger partial charge >= 0.3 is 5.97 Å². The molecule has 2 rings (SSSR count). The molecule has 0 bridgehead atoms. The zero-order valence-corrected chi connectivity index (χ0v) is 11.0. The van der Waals surface area contributed by atoms with Gasteiger partial charge < -0.3 is 5.11 Å². The quantitative estimate of drug-likeness (QED) is 0.892. The summed E-state index contributed by atoms with van der Waals surface area (Å²) in [7, 11) is 0. The number of carboxylic acid groups (broad SMARTS) is 1. The van der Waals surface area contributed by atoms with Gasteiger partial charge in [0, 0.05) is 12.2 Å². The zero-order chi connectivity index (χ0) is 13.2. The van der Waals surface area contributed by atoms with Crippen LogP contribution in [0.25, 0.3) is 0 Å². The molecule has 0 radical (unpaired) electrons. The summed E-state index contributed by atoms with van der Waals surface area (Å²) in [6.45, 7) is 5.62.